The molecule has 1 N–H and O–H groups in total. The summed E-state index contributed by atoms with van der Waals surface area (Å²) in [6.07, 6.45) is 0. The minimum atomic E-state index is -0.575. The van der Waals surface area contributed by atoms with E-state index in [4.69, 9.17) is 9.47 Å². The Hall–Kier alpha value is -3.80. The van der Waals surface area contributed by atoms with Gasteiger partial charge in [0.15, 0.2) is 0 Å². The number of methoxy groups -OCH3 is 2. The van der Waals surface area contributed by atoms with E-state index in [1.54, 1.807) is 32.2 Å². The highest BCUT2D eigenvalue weighted by molar-refractivity contribution is 6.11. The fourth-order valence-electron chi connectivity index (χ4n) is 4.14. The molecule has 31 heavy (non-hydrogen) atoms. The zero-order valence-electron chi connectivity index (χ0n) is 17.7. The minimum absolute atomic E-state index is 0.151. The Morgan fingerprint density at radius 1 is 0.871 bits per heavy atom. The number of hydrogen-bond acceptors (Lipinski definition) is 4. The highest BCUT2D eigenvalue weighted by Gasteiger charge is 2.44. The first-order valence-corrected chi connectivity index (χ1v) is 10.0. The van der Waals surface area contributed by atoms with Gasteiger partial charge < -0.3 is 14.8 Å². The van der Waals surface area contributed by atoms with Crippen LogP contribution in [-0.2, 0) is 4.79 Å². The summed E-state index contributed by atoms with van der Waals surface area (Å²) in [5.41, 5.74) is 2.78. The van der Waals surface area contributed by atoms with Crippen LogP contribution >= 0.6 is 0 Å². The largest absolute Gasteiger partial charge is 0.497 e. The van der Waals surface area contributed by atoms with Gasteiger partial charge in [-0.1, -0.05) is 30.3 Å². The average molecular weight is 416 g/mol. The first kappa shape index (κ1) is 20.5. The number of rotatable bonds is 5. The van der Waals surface area contributed by atoms with Crippen LogP contribution in [0.5, 0.6) is 11.5 Å². The number of carbonyl (C=O) groups excluding carboxylic acids is 2. The second-order valence-corrected chi connectivity index (χ2v) is 7.27. The molecule has 1 heterocycles. The smallest absolute Gasteiger partial charge is 0.259 e. The number of nitrogens with zero attached hydrogens (tertiary/aromatic N) is 1. The number of likely N-dealkylation sites (N-methyl/N-ethyl adjacent to an activating group) is 1. The van der Waals surface area contributed by atoms with Crippen LogP contribution in [0.2, 0.25) is 0 Å². The predicted octanol–water partition coefficient (Wildman–Crippen LogP) is 3.94. The van der Waals surface area contributed by atoms with Gasteiger partial charge in [-0.05, 0) is 53.6 Å². The van der Waals surface area contributed by atoms with Crippen molar-refractivity contribution in [3.8, 4) is 11.5 Å². The molecule has 2 amide bonds. The van der Waals surface area contributed by atoms with E-state index in [0.29, 0.717) is 22.7 Å². The van der Waals surface area contributed by atoms with Crippen LogP contribution in [0.1, 0.15) is 33.4 Å². The molecule has 0 fully saturated rings. The van der Waals surface area contributed by atoms with Gasteiger partial charge in [0.25, 0.3) is 5.91 Å². The number of benzene rings is 3. The Bertz CT molecular complexity index is 1090. The molecular formula is C25H24N2O4. The van der Waals surface area contributed by atoms with Crippen molar-refractivity contribution in [2.24, 2.45) is 0 Å². The van der Waals surface area contributed by atoms with Crippen molar-refractivity contribution in [3.63, 3.8) is 0 Å². The second-order valence-electron chi connectivity index (χ2n) is 7.27. The standard InChI is InChI=1S/C25H24N2O4/c1-26-24(28)22-20-6-4-5-7-21(20)25(29)27(17-10-14-19(31-3)15-11-17)23(22)16-8-12-18(30-2)13-9-16/h4-15,22-23H,1-3H3,(H,26,28)/t22-,23+/m1/s1. The quantitative estimate of drug-likeness (QED) is 0.684. The molecule has 0 saturated heterocycles. The summed E-state index contributed by atoms with van der Waals surface area (Å²) >= 11 is 0. The summed E-state index contributed by atoms with van der Waals surface area (Å²) in [6.45, 7) is 0. The molecule has 1 aliphatic heterocycles. The molecule has 0 bridgehead atoms. The number of hydrogen-bond donors (Lipinski definition) is 1. The molecule has 158 valence electrons. The summed E-state index contributed by atoms with van der Waals surface area (Å²) in [7, 11) is 4.82. The normalized spacial score (nSPS) is 17.6. The van der Waals surface area contributed by atoms with Gasteiger partial charge in [0.2, 0.25) is 5.91 Å². The predicted molar refractivity (Wildman–Crippen MR) is 119 cm³/mol. The van der Waals surface area contributed by atoms with Crippen LogP contribution in [0.4, 0.5) is 5.69 Å². The third-order valence-electron chi connectivity index (χ3n) is 5.68. The van der Waals surface area contributed by atoms with E-state index in [9.17, 15) is 9.59 Å². The first-order valence-electron chi connectivity index (χ1n) is 10.0. The van der Waals surface area contributed by atoms with Crippen LogP contribution in [-0.4, -0.2) is 33.1 Å². The van der Waals surface area contributed by atoms with Gasteiger partial charge in [0.05, 0.1) is 26.2 Å². The van der Waals surface area contributed by atoms with Crippen molar-refractivity contribution in [3.05, 3.63) is 89.5 Å². The maximum Gasteiger partial charge on any atom is 0.259 e. The lowest BCUT2D eigenvalue weighted by molar-refractivity contribution is -0.122. The Balaban J connectivity index is 1.94. The SMILES string of the molecule is CNC(=O)[C@@H]1c2ccccc2C(=O)N(c2ccc(OC)cc2)[C@H]1c1ccc(OC)cc1. The van der Waals surface area contributed by atoms with Gasteiger partial charge in [-0.2, -0.15) is 0 Å². The fraction of sp³-hybridized carbons (Fsp3) is 0.200. The van der Waals surface area contributed by atoms with E-state index in [-0.39, 0.29) is 11.8 Å². The average Bonchev–Trinajstić information content (AvgIpc) is 2.83. The van der Waals surface area contributed by atoms with Gasteiger partial charge in [-0.25, -0.2) is 0 Å². The van der Waals surface area contributed by atoms with E-state index < -0.39 is 12.0 Å². The second kappa shape index (κ2) is 8.52. The van der Waals surface area contributed by atoms with Gasteiger partial charge in [-0.15, -0.1) is 0 Å². The first-order chi connectivity index (χ1) is 15.1. The molecule has 6 nitrogen and oxygen atoms in total. The van der Waals surface area contributed by atoms with Crippen molar-refractivity contribution in [1.82, 2.24) is 5.32 Å². The number of nitrogens with one attached hydrogen (secondary N) is 1. The molecule has 0 aliphatic carbocycles. The maximum absolute atomic E-state index is 13.7. The van der Waals surface area contributed by atoms with Crippen LogP contribution < -0.4 is 19.7 Å². The van der Waals surface area contributed by atoms with Gasteiger partial charge >= 0.3 is 0 Å². The van der Waals surface area contributed by atoms with Crippen molar-refractivity contribution in [2.75, 3.05) is 26.2 Å². The van der Waals surface area contributed by atoms with Gasteiger partial charge in [0, 0.05) is 18.3 Å². The Morgan fingerprint density at radius 3 is 2.03 bits per heavy atom. The molecule has 3 aromatic rings. The number of ether oxygens (including phenoxy) is 2. The van der Waals surface area contributed by atoms with Gasteiger partial charge in [-0.3, -0.25) is 14.5 Å². The highest BCUT2D eigenvalue weighted by atomic mass is 16.5. The van der Waals surface area contributed by atoms with Crippen molar-refractivity contribution in [2.45, 2.75) is 12.0 Å². The summed E-state index contributed by atoms with van der Waals surface area (Å²) in [5.74, 6) is 0.520. The fourth-order valence-corrected chi connectivity index (χ4v) is 4.14. The Kier molecular flexibility index (Phi) is 5.62. The van der Waals surface area contributed by atoms with E-state index in [2.05, 4.69) is 5.32 Å². The lowest BCUT2D eigenvalue weighted by Crippen LogP contribution is -2.47. The molecule has 0 aromatic heterocycles. The van der Waals surface area contributed by atoms with E-state index >= 15 is 0 Å². The third kappa shape index (κ3) is 3.61. The molecule has 0 saturated carbocycles. The number of fused-ring (bicyclic) bond motifs is 1. The van der Waals surface area contributed by atoms with E-state index in [1.165, 1.54) is 0 Å². The maximum atomic E-state index is 13.7. The molecule has 3 aromatic carbocycles. The van der Waals surface area contributed by atoms with Gasteiger partial charge in [0.1, 0.15) is 11.5 Å². The molecule has 0 radical (unpaired) electrons. The topological polar surface area (TPSA) is 67.9 Å². The zero-order valence-corrected chi connectivity index (χ0v) is 17.7. The van der Waals surface area contributed by atoms with Crippen LogP contribution in [0.25, 0.3) is 0 Å². The Labute approximate surface area is 181 Å². The number of amides is 2. The summed E-state index contributed by atoms with van der Waals surface area (Å²) in [5, 5.41) is 2.78. The number of carbonyl (C=O) groups is 2. The van der Waals surface area contributed by atoms with Crippen molar-refractivity contribution < 1.29 is 19.1 Å². The van der Waals surface area contributed by atoms with Crippen molar-refractivity contribution in [1.29, 1.82) is 0 Å². The van der Waals surface area contributed by atoms with E-state index in [0.717, 1.165) is 11.1 Å². The molecule has 6 heteroatoms. The Morgan fingerprint density at radius 2 is 1.45 bits per heavy atom. The molecule has 0 unspecified atom stereocenters. The van der Waals surface area contributed by atoms with Crippen LogP contribution in [0, 0.1) is 0 Å². The monoisotopic (exact) mass is 416 g/mol. The van der Waals surface area contributed by atoms with Crippen molar-refractivity contribution >= 4 is 17.5 Å². The molecule has 1 aliphatic rings. The summed E-state index contributed by atoms with van der Waals surface area (Å²) < 4.78 is 10.6. The van der Waals surface area contributed by atoms with Crippen LogP contribution in [0.15, 0.2) is 72.8 Å². The molecular weight excluding hydrogens is 392 g/mol. The lowest BCUT2D eigenvalue weighted by atomic mass is 9.79. The third-order valence-corrected chi connectivity index (χ3v) is 5.68. The van der Waals surface area contributed by atoms with E-state index in [1.807, 2.05) is 66.7 Å². The minimum Gasteiger partial charge on any atom is -0.497 e. The molecule has 2 atom stereocenters. The molecule has 0 spiro atoms. The summed E-state index contributed by atoms with van der Waals surface area (Å²) in [6, 6.07) is 21.5. The lowest BCUT2D eigenvalue weighted by Gasteiger charge is -2.41. The number of anilines is 1. The van der Waals surface area contributed by atoms with Crippen LogP contribution in [0.3, 0.4) is 0 Å². The zero-order chi connectivity index (χ0) is 22.0. The highest BCUT2D eigenvalue weighted by Crippen LogP contribution is 2.45. The molecule has 4 rings (SSSR count). The summed E-state index contributed by atoms with van der Waals surface area (Å²) in [4.78, 5) is 28.5.